The zero-order valence-corrected chi connectivity index (χ0v) is 20.4. The SMILES string of the molecule is CC1=C(c2nc(-c3ccccc3)no2)C(c2ccc(C)cc2)NC(=S)N1Cc1cccc(Cl)c1. The minimum Gasteiger partial charge on any atom is -0.351 e. The summed E-state index contributed by atoms with van der Waals surface area (Å²) >= 11 is 12.0. The minimum atomic E-state index is -0.215. The Labute approximate surface area is 209 Å². The Bertz CT molecular complexity index is 1360. The Morgan fingerprint density at radius 1 is 1.00 bits per heavy atom. The van der Waals surface area contributed by atoms with E-state index < -0.39 is 0 Å². The summed E-state index contributed by atoms with van der Waals surface area (Å²) in [6, 6.07) is 25.8. The highest BCUT2D eigenvalue weighted by molar-refractivity contribution is 7.80. The molecule has 1 aliphatic rings. The fraction of sp³-hybridized carbons (Fsp3) is 0.148. The van der Waals surface area contributed by atoms with Crippen molar-refractivity contribution in [1.29, 1.82) is 0 Å². The lowest BCUT2D eigenvalue weighted by Gasteiger charge is -2.37. The number of hydrogen-bond acceptors (Lipinski definition) is 4. The van der Waals surface area contributed by atoms with Crippen molar-refractivity contribution in [3.63, 3.8) is 0 Å². The van der Waals surface area contributed by atoms with Gasteiger partial charge in [0, 0.05) is 16.3 Å². The van der Waals surface area contributed by atoms with Crippen molar-refractivity contribution in [3.8, 4) is 11.4 Å². The molecule has 0 saturated heterocycles. The molecule has 2 heterocycles. The molecule has 7 heteroatoms. The topological polar surface area (TPSA) is 54.2 Å². The Kier molecular flexibility index (Phi) is 6.18. The summed E-state index contributed by atoms with van der Waals surface area (Å²) < 4.78 is 5.81. The van der Waals surface area contributed by atoms with Gasteiger partial charge in [-0.1, -0.05) is 89.1 Å². The molecular weight excluding hydrogens is 464 g/mol. The zero-order chi connectivity index (χ0) is 23.7. The highest BCUT2D eigenvalue weighted by Crippen LogP contribution is 2.38. The second kappa shape index (κ2) is 9.41. The fourth-order valence-corrected chi connectivity index (χ4v) is 4.65. The largest absolute Gasteiger partial charge is 0.351 e. The molecule has 5 nitrogen and oxygen atoms in total. The first-order valence-electron chi connectivity index (χ1n) is 11.0. The summed E-state index contributed by atoms with van der Waals surface area (Å²) in [5, 5.41) is 9.09. The van der Waals surface area contributed by atoms with E-state index in [0.29, 0.717) is 28.4 Å². The van der Waals surface area contributed by atoms with Gasteiger partial charge in [-0.15, -0.1) is 0 Å². The number of allylic oxidation sites excluding steroid dienone is 1. The summed E-state index contributed by atoms with van der Waals surface area (Å²) in [6.45, 7) is 4.68. The zero-order valence-electron chi connectivity index (χ0n) is 18.8. The summed E-state index contributed by atoms with van der Waals surface area (Å²) in [5.41, 5.74) is 6.07. The third-order valence-corrected chi connectivity index (χ3v) is 6.50. The smallest absolute Gasteiger partial charge is 0.258 e. The molecule has 3 aromatic carbocycles. The van der Waals surface area contributed by atoms with Crippen LogP contribution in [0.25, 0.3) is 17.0 Å². The van der Waals surface area contributed by atoms with E-state index in [4.69, 9.17) is 33.3 Å². The maximum atomic E-state index is 6.22. The lowest BCUT2D eigenvalue weighted by molar-refractivity contribution is 0.396. The van der Waals surface area contributed by atoms with Gasteiger partial charge >= 0.3 is 0 Å². The Morgan fingerprint density at radius 3 is 2.50 bits per heavy atom. The predicted octanol–water partition coefficient (Wildman–Crippen LogP) is 6.56. The van der Waals surface area contributed by atoms with E-state index >= 15 is 0 Å². The van der Waals surface area contributed by atoms with Crippen LogP contribution in [-0.4, -0.2) is 20.2 Å². The average molecular weight is 487 g/mol. The lowest BCUT2D eigenvalue weighted by atomic mass is 9.94. The molecule has 0 saturated carbocycles. The molecule has 4 aromatic rings. The van der Waals surface area contributed by atoms with E-state index in [0.717, 1.165) is 28.0 Å². The highest BCUT2D eigenvalue weighted by atomic mass is 35.5. The van der Waals surface area contributed by atoms with Gasteiger partial charge in [-0.2, -0.15) is 4.98 Å². The van der Waals surface area contributed by atoms with Crippen LogP contribution in [0.15, 0.2) is 89.1 Å². The summed E-state index contributed by atoms with van der Waals surface area (Å²) in [6.07, 6.45) is 0. The van der Waals surface area contributed by atoms with Gasteiger partial charge in [0.2, 0.25) is 5.82 Å². The standard InChI is InChI=1S/C27H23ClN4OS/c1-17-11-13-20(14-12-17)24-23(26-30-25(31-33-26)21-8-4-3-5-9-21)18(2)32(27(34)29-24)16-19-7-6-10-22(28)15-19/h3-15,24H,16H2,1-2H3,(H,29,34). The average Bonchev–Trinajstić information content (AvgIpc) is 3.32. The monoisotopic (exact) mass is 486 g/mol. The number of aryl methyl sites for hydroxylation is 1. The van der Waals surface area contributed by atoms with Crippen LogP contribution in [0.4, 0.5) is 0 Å². The first-order valence-corrected chi connectivity index (χ1v) is 11.8. The highest BCUT2D eigenvalue weighted by Gasteiger charge is 2.34. The van der Waals surface area contributed by atoms with Gasteiger partial charge in [-0.25, -0.2) is 0 Å². The van der Waals surface area contributed by atoms with E-state index in [-0.39, 0.29) is 6.04 Å². The van der Waals surface area contributed by atoms with Crippen molar-refractivity contribution >= 4 is 34.5 Å². The molecule has 1 atom stereocenters. The molecule has 0 fully saturated rings. The normalized spacial score (nSPS) is 16.0. The summed E-state index contributed by atoms with van der Waals surface area (Å²) in [5.74, 6) is 1.01. The molecule has 1 unspecified atom stereocenters. The second-order valence-corrected chi connectivity index (χ2v) is 9.12. The van der Waals surface area contributed by atoms with Gasteiger partial charge in [0.05, 0.1) is 18.2 Å². The Hall–Kier alpha value is -3.48. The number of rotatable bonds is 5. The van der Waals surface area contributed by atoms with Gasteiger partial charge in [-0.3, -0.25) is 0 Å². The molecule has 34 heavy (non-hydrogen) atoms. The second-order valence-electron chi connectivity index (χ2n) is 8.30. The van der Waals surface area contributed by atoms with Crippen LogP contribution in [0.2, 0.25) is 5.02 Å². The van der Waals surface area contributed by atoms with Gasteiger partial charge in [-0.05, 0) is 49.3 Å². The minimum absolute atomic E-state index is 0.215. The van der Waals surface area contributed by atoms with Crippen LogP contribution >= 0.6 is 23.8 Å². The number of aromatic nitrogens is 2. The Balaban J connectivity index is 1.60. The molecule has 0 radical (unpaired) electrons. The van der Waals surface area contributed by atoms with Crippen LogP contribution < -0.4 is 5.32 Å². The third kappa shape index (κ3) is 4.47. The number of nitrogens with one attached hydrogen (secondary N) is 1. The fourth-order valence-electron chi connectivity index (χ4n) is 4.11. The number of benzene rings is 3. The predicted molar refractivity (Wildman–Crippen MR) is 139 cm³/mol. The molecule has 0 spiro atoms. The molecule has 5 rings (SSSR count). The molecule has 1 N–H and O–H groups in total. The number of hydrogen-bond donors (Lipinski definition) is 1. The van der Waals surface area contributed by atoms with Crippen LogP contribution in [0.1, 0.15) is 35.5 Å². The van der Waals surface area contributed by atoms with Crippen molar-refractivity contribution in [3.05, 3.63) is 112 Å². The first kappa shape index (κ1) is 22.3. The molecule has 0 aliphatic carbocycles. The molecule has 1 aromatic heterocycles. The van der Waals surface area contributed by atoms with E-state index in [2.05, 4.69) is 41.7 Å². The van der Waals surface area contributed by atoms with Crippen LogP contribution in [-0.2, 0) is 6.54 Å². The lowest BCUT2D eigenvalue weighted by Crippen LogP contribution is -2.45. The van der Waals surface area contributed by atoms with Crippen LogP contribution in [0.5, 0.6) is 0 Å². The first-order chi connectivity index (χ1) is 16.5. The molecule has 170 valence electrons. The van der Waals surface area contributed by atoms with Gasteiger partial charge in [0.25, 0.3) is 5.89 Å². The van der Waals surface area contributed by atoms with Crippen LogP contribution in [0, 0.1) is 6.92 Å². The van der Waals surface area contributed by atoms with Gasteiger partial charge < -0.3 is 14.7 Å². The molecular formula is C27H23ClN4OS. The maximum absolute atomic E-state index is 6.22. The van der Waals surface area contributed by atoms with Gasteiger partial charge in [0.1, 0.15) is 0 Å². The number of halogens is 1. The van der Waals surface area contributed by atoms with Gasteiger partial charge in [0.15, 0.2) is 5.11 Å². The van der Waals surface area contributed by atoms with E-state index in [1.807, 2.05) is 66.4 Å². The number of nitrogens with zero attached hydrogens (tertiary/aromatic N) is 3. The van der Waals surface area contributed by atoms with Crippen molar-refractivity contribution in [2.45, 2.75) is 26.4 Å². The quantitative estimate of drug-likeness (QED) is 0.322. The number of thiocarbonyl (C=S) groups is 1. The van der Waals surface area contributed by atoms with Crippen molar-refractivity contribution < 1.29 is 4.52 Å². The third-order valence-electron chi connectivity index (χ3n) is 5.93. The molecule has 1 aliphatic heterocycles. The maximum Gasteiger partial charge on any atom is 0.258 e. The van der Waals surface area contributed by atoms with Crippen molar-refractivity contribution in [1.82, 2.24) is 20.4 Å². The van der Waals surface area contributed by atoms with Crippen molar-refractivity contribution in [2.75, 3.05) is 0 Å². The van der Waals surface area contributed by atoms with Crippen LogP contribution in [0.3, 0.4) is 0 Å². The van der Waals surface area contributed by atoms with E-state index in [9.17, 15) is 0 Å². The summed E-state index contributed by atoms with van der Waals surface area (Å²) in [4.78, 5) is 6.81. The summed E-state index contributed by atoms with van der Waals surface area (Å²) in [7, 11) is 0. The molecule has 0 amide bonds. The van der Waals surface area contributed by atoms with E-state index in [1.54, 1.807) is 0 Å². The van der Waals surface area contributed by atoms with E-state index in [1.165, 1.54) is 5.56 Å². The Morgan fingerprint density at radius 2 is 1.76 bits per heavy atom. The molecule has 0 bridgehead atoms. The van der Waals surface area contributed by atoms with Crippen molar-refractivity contribution in [2.24, 2.45) is 0 Å².